The van der Waals surface area contributed by atoms with Gasteiger partial charge < -0.3 is 20.1 Å². The zero-order chi connectivity index (χ0) is 14.5. The zero-order valence-corrected chi connectivity index (χ0v) is 14.5. The van der Waals surface area contributed by atoms with E-state index in [1.54, 1.807) is 12.1 Å². The lowest BCUT2D eigenvalue weighted by atomic mass is 10.1. The molecule has 0 fully saturated rings. The van der Waals surface area contributed by atoms with E-state index in [1.807, 2.05) is 13.8 Å². The van der Waals surface area contributed by atoms with Gasteiger partial charge in [-0.25, -0.2) is 0 Å². The molecule has 1 aliphatic heterocycles. The van der Waals surface area contributed by atoms with E-state index in [2.05, 4.69) is 26.6 Å². The number of amides is 1. The third kappa shape index (κ3) is 4.76. The predicted octanol–water partition coefficient (Wildman–Crippen LogP) is 2.37. The largest absolute Gasteiger partial charge is 0.486 e. The maximum atomic E-state index is 12.1. The molecule has 0 saturated carbocycles. The number of hydrogen-bond donors (Lipinski definition) is 2. The van der Waals surface area contributed by atoms with Crippen LogP contribution in [0.1, 0.15) is 24.2 Å². The Bertz CT molecular complexity index is 499. The van der Waals surface area contributed by atoms with Crippen LogP contribution in [0.4, 0.5) is 0 Å². The molecule has 0 aromatic heterocycles. The Hall–Kier alpha value is -0.980. The number of benzene rings is 1. The second-order valence-corrected chi connectivity index (χ2v) is 5.51. The normalized spacial score (nSPS) is 14.0. The first-order valence-corrected chi connectivity index (χ1v) is 7.51. The van der Waals surface area contributed by atoms with Crippen LogP contribution in [-0.4, -0.2) is 38.3 Å². The van der Waals surface area contributed by atoms with Gasteiger partial charge in [-0.15, -0.1) is 12.4 Å². The van der Waals surface area contributed by atoms with Gasteiger partial charge in [-0.2, -0.15) is 0 Å². The van der Waals surface area contributed by atoms with Gasteiger partial charge in [0.25, 0.3) is 5.91 Å². The Kier molecular flexibility index (Phi) is 7.28. The Balaban J connectivity index is 0.00000220. The van der Waals surface area contributed by atoms with Gasteiger partial charge in [-0.05, 0) is 41.5 Å². The summed E-state index contributed by atoms with van der Waals surface area (Å²) >= 11 is 3.41. The highest BCUT2D eigenvalue weighted by atomic mass is 79.9. The third-order valence-corrected chi connectivity index (χ3v) is 3.57. The van der Waals surface area contributed by atoms with E-state index in [4.69, 9.17) is 9.47 Å². The van der Waals surface area contributed by atoms with Crippen LogP contribution in [0.2, 0.25) is 0 Å². The summed E-state index contributed by atoms with van der Waals surface area (Å²) in [4.78, 5) is 12.1. The van der Waals surface area contributed by atoms with E-state index in [0.29, 0.717) is 36.8 Å². The highest BCUT2D eigenvalue weighted by Crippen LogP contribution is 2.38. The number of carbonyl (C=O) groups is 1. The van der Waals surface area contributed by atoms with E-state index in [1.165, 1.54) is 0 Å². The van der Waals surface area contributed by atoms with Crippen LogP contribution in [0, 0.1) is 0 Å². The Morgan fingerprint density at radius 2 is 2.10 bits per heavy atom. The fourth-order valence-corrected chi connectivity index (χ4v) is 2.57. The average Bonchev–Trinajstić information content (AvgIpc) is 2.45. The van der Waals surface area contributed by atoms with Crippen molar-refractivity contribution in [2.24, 2.45) is 0 Å². The summed E-state index contributed by atoms with van der Waals surface area (Å²) in [7, 11) is 0. The van der Waals surface area contributed by atoms with Crippen molar-refractivity contribution in [3.63, 3.8) is 0 Å². The molecule has 0 radical (unpaired) electrons. The van der Waals surface area contributed by atoms with Crippen LogP contribution < -0.4 is 20.1 Å². The summed E-state index contributed by atoms with van der Waals surface area (Å²) in [5.41, 5.74) is 0.560. The Morgan fingerprint density at radius 3 is 2.81 bits per heavy atom. The maximum Gasteiger partial charge on any atom is 0.251 e. The molecule has 0 saturated heterocycles. The number of carbonyl (C=O) groups excluding carboxylic acids is 1. The summed E-state index contributed by atoms with van der Waals surface area (Å²) in [6.07, 6.45) is 0. The van der Waals surface area contributed by atoms with E-state index in [9.17, 15) is 4.79 Å². The quantitative estimate of drug-likeness (QED) is 0.824. The van der Waals surface area contributed by atoms with E-state index >= 15 is 0 Å². The molecule has 1 heterocycles. The van der Waals surface area contributed by atoms with Crippen LogP contribution in [-0.2, 0) is 0 Å². The topological polar surface area (TPSA) is 59.6 Å². The molecule has 118 valence electrons. The highest BCUT2D eigenvalue weighted by molar-refractivity contribution is 9.10. The fraction of sp³-hybridized carbons (Fsp3) is 0.500. The number of halogens is 2. The van der Waals surface area contributed by atoms with Crippen molar-refractivity contribution < 1.29 is 14.3 Å². The maximum absolute atomic E-state index is 12.1. The minimum absolute atomic E-state index is 0. The van der Waals surface area contributed by atoms with Crippen LogP contribution in [0.15, 0.2) is 16.6 Å². The molecule has 0 spiro atoms. The lowest BCUT2D eigenvalue weighted by Gasteiger charge is -2.20. The molecule has 21 heavy (non-hydrogen) atoms. The van der Waals surface area contributed by atoms with E-state index in [-0.39, 0.29) is 24.4 Å². The van der Waals surface area contributed by atoms with Crippen LogP contribution in [0.5, 0.6) is 11.5 Å². The van der Waals surface area contributed by atoms with Gasteiger partial charge in [-0.1, -0.05) is 6.92 Å². The fourth-order valence-electron chi connectivity index (χ4n) is 2.01. The van der Waals surface area contributed by atoms with Crippen molar-refractivity contribution in [2.45, 2.75) is 19.9 Å². The molecule has 2 N–H and O–H groups in total. The average molecular weight is 380 g/mol. The zero-order valence-electron chi connectivity index (χ0n) is 12.1. The van der Waals surface area contributed by atoms with Crippen molar-refractivity contribution in [2.75, 3.05) is 26.3 Å². The van der Waals surface area contributed by atoms with Crippen molar-refractivity contribution in [1.29, 1.82) is 0 Å². The molecule has 1 atom stereocenters. The molecule has 1 aliphatic rings. The minimum Gasteiger partial charge on any atom is -0.486 e. The Labute approximate surface area is 139 Å². The molecule has 0 bridgehead atoms. The first kappa shape index (κ1) is 18.1. The standard InChI is InChI=1S/C14H19BrN2O3.ClH/c1-3-16-9(2)8-17-14(18)10-6-11(15)13-12(7-10)19-4-5-20-13;/h6-7,9,16H,3-5,8H2,1-2H3,(H,17,18);1H/t9-;/m1./s1. The minimum atomic E-state index is -0.118. The first-order valence-electron chi connectivity index (χ1n) is 6.72. The summed E-state index contributed by atoms with van der Waals surface area (Å²) in [6, 6.07) is 3.71. The molecular weight excluding hydrogens is 360 g/mol. The molecular formula is C14H20BrClN2O3. The summed E-state index contributed by atoms with van der Waals surface area (Å²) in [6.45, 7) is 6.56. The van der Waals surface area contributed by atoms with Crippen LogP contribution >= 0.6 is 28.3 Å². The second kappa shape index (κ2) is 8.46. The van der Waals surface area contributed by atoms with Crippen LogP contribution in [0.3, 0.4) is 0 Å². The lowest BCUT2D eigenvalue weighted by molar-refractivity contribution is 0.0949. The molecule has 5 nitrogen and oxygen atoms in total. The number of likely N-dealkylation sites (N-methyl/N-ethyl adjacent to an activating group) is 1. The van der Waals surface area contributed by atoms with Crippen molar-refractivity contribution in [1.82, 2.24) is 10.6 Å². The van der Waals surface area contributed by atoms with Gasteiger partial charge in [0.2, 0.25) is 0 Å². The highest BCUT2D eigenvalue weighted by Gasteiger charge is 2.19. The molecule has 0 unspecified atom stereocenters. The summed E-state index contributed by atoms with van der Waals surface area (Å²) in [5, 5.41) is 6.14. The number of ether oxygens (including phenoxy) is 2. The van der Waals surface area contributed by atoms with Crippen LogP contribution in [0.25, 0.3) is 0 Å². The molecule has 0 aliphatic carbocycles. The second-order valence-electron chi connectivity index (χ2n) is 4.65. The molecule has 1 aromatic rings. The first-order chi connectivity index (χ1) is 9.61. The molecule has 1 aromatic carbocycles. The number of nitrogens with one attached hydrogen (secondary N) is 2. The third-order valence-electron chi connectivity index (χ3n) is 2.98. The SMILES string of the molecule is CCN[C@H](C)CNC(=O)c1cc(Br)c2c(c1)OCCO2.Cl. The summed E-state index contributed by atoms with van der Waals surface area (Å²) in [5.74, 6) is 1.15. The lowest BCUT2D eigenvalue weighted by Crippen LogP contribution is -2.38. The number of fused-ring (bicyclic) bond motifs is 1. The van der Waals surface area contributed by atoms with Crippen molar-refractivity contribution in [3.05, 3.63) is 22.2 Å². The smallest absolute Gasteiger partial charge is 0.251 e. The predicted molar refractivity (Wildman–Crippen MR) is 87.9 cm³/mol. The Morgan fingerprint density at radius 1 is 1.38 bits per heavy atom. The molecule has 7 heteroatoms. The summed E-state index contributed by atoms with van der Waals surface area (Å²) < 4.78 is 11.8. The van der Waals surface area contributed by atoms with Gasteiger partial charge in [0.15, 0.2) is 11.5 Å². The monoisotopic (exact) mass is 378 g/mol. The van der Waals surface area contributed by atoms with Crippen molar-refractivity contribution >= 4 is 34.2 Å². The van der Waals surface area contributed by atoms with Gasteiger partial charge in [0, 0.05) is 18.2 Å². The van der Waals surface area contributed by atoms with Gasteiger partial charge in [0.1, 0.15) is 13.2 Å². The van der Waals surface area contributed by atoms with Gasteiger partial charge in [0.05, 0.1) is 4.47 Å². The van der Waals surface area contributed by atoms with Gasteiger partial charge >= 0.3 is 0 Å². The number of rotatable bonds is 5. The van der Waals surface area contributed by atoms with E-state index < -0.39 is 0 Å². The van der Waals surface area contributed by atoms with Crippen molar-refractivity contribution in [3.8, 4) is 11.5 Å². The molecule has 2 rings (SSSR count). The van der Waals surface area contributed by atoms with E-state index in [0.717, 1.165) is 11.0 Å². The molecule has 1 amide bonds. The van der Waals surface area contributed by atoms with Gasteiger partial charge in [-0.3, -0.25) is 4.79 Å². The number of hydrogen-bond acceptors (Lipinski definition) is 4.